The van der Waals surface area contributed by atoms with Crippen molar-refractivity contribution in [1.82, 2.24) is 19.6 Å². The van der Waals surface area contributed by atoms with Crippen molar-refractivity contribution in [2.24, 2.45) is 0 Å². The fourth-order valence-electron chi connectivity index (χ4n) is 2.84. The first kappa shape index (κ1) is 15.5. The largest absolute Gasteiger partial charge is 0.378 e. The van der Waals surface area contributed by atoms with E-state index in [1.54, 1.807) is 10.7 Å². The highest BCUT2D eigenvalue weighted by molar-refractivity contribution is 6.03. The number of aryl methyl sites for hydroxylation is 1. The lowest BCUT2D eigenvalue weighted by Gasteiger charge is -2.30. The molecule has 0 bridgehead atoms. The van der Waals surface area contributed by atoms with Gasteiger partial charge in [0.2, 0.25) is 5.82 Å². The van der Waals surface area contributed by atoms with Crippen LogP contribution in [0.4, 0.5) is 11.4 Å². The van der Waals surface area contributed by atoms with Gasteiger partial charge in [-0.3, -0.25) is 4.79 Å². The van der Waals surface area contributed by atoms with Gasteiger partial charge in [-0.1, -0.05) is 12.1 Å². The molecule has 4 rings (SSSR count). The molecule has 2 aromatic heterocycles. The summed E-state index contributed by atoms with van der Waals surface area (Å²) in [6, 6.07) is 9.53. The van der Waals surface area contributed by atoms with Crippen LogP contribution in [0.3, 0.4) is 0 Å². The number of aromatic nitrogens is 4. The Hall–Kier alpha value is -3.00. The summed E-state index contributed by atoms with van der Waals surface area (Å²) in [4.78, 5) is 23.1. The minimum Gasteiger partial charge on any atom is -0.378 e. The minimum absolute atomic E-state index is 0.0959. The van der Waals surface area contributed by atoms with Crippen molar-refractivity contribution in [2.75, 3.05) is 36.5 Å². The zero-order valence-electron chi connectivity index (χ0n) is 13.8. The van der Waals surface area contributed by atoms with E-state index in [-0.39, 0.29) is 11.7 Å². The van der Waals surface area contributed by atoms with E-state index in [2.05, 4.69) is 25.3 Å². The van der Waals surface area contributed by atoms with Crippen molar-refractivity contribution in [3.8, 4) is 0 Å². The number of rotatable bonds is 3. The average Bonchev–Trinajstić information content (AvgIpc) is 3.09. The summed E-state index contributed by atoms with van der Waals surface area (Å²) in [6.07, 6.45) is 1.65. The van der Waals surface area contributed by atoms with Gasteiger partial charge in [-0.15, -0.1) is 5.10 Å². The summed E-state index contributed by atoms with van der Waals surface area (Å²) in [5.74, 6) is 0.149. The molecule has 1 fully saturated rings. The van der Waals surface area contributed by atoms with Gasteiger partial charge in [-0.25, -0.2) is 9.50 Å². The van der Waals surface area contributed by atoms with Gasteiger partial charge >= 0.3 is 0 Å². The van der Waals surface area contributed by atoms with Crippen LogP contribution in [0.15, 0.2) is 36.5 Å². The SMILES string of the molecule is Cc1ccnc2nc(C(=O)Nc3ccccc3N3CCOCC3)nn12. The summed E-state index contributed by atoms with van der Waals surface area (Å²) >= 11 is 0. The molecule has 128 valence electrons. The van der Waals surface area contributed by atoms with Gasteiger partial charge in [0.25, 0.3) is 11.7 Å². The Morgan fingerprint density at radius 1 is 1.20 bits per heavy atom. The first-order valence-corrected chi connectivity index (χ1v) is 8.14. The lowest BCUT2D eigenvalue weighted by Crippen LogP contribution is -2.36. The first-order valence-electron chi connectivity index (χ1n) is 8.14. The molecule has 1 amide bonds. The van der Waals surface area contributed by atoms with E-state index in [0.29, 0.717) is 19.0 Å². The van der Waals surface area contributed by atoms with Gasteiger partial charge in [-0.2, -0.15) is 4.98 Å². The zero-order valence-corrected chi connectivity index (χ0v) is 13.8. The maximum atomic E-state index is 12.6. The summed E-state index contributed by atoms with van der Waals surface area (Å²) < 4.78 is 6.96. The highest BCUT2D eigenvalue weighted by Gasteiger charge is 2.19. The van der Waals surface area contributed by atoms with Crippen molar-refractivity contribution in [1.29, 1.82) is 0 Å². The maximum absolute atomic E-state index is 12.6. The Labute approximate surface area is 144 Å². The number of benzene rings is 1. The normalized spacial score (nSPS) is 14.7. The molecule has 0 aliphatic carbocycles. The van der Waals surface area contributed by atoms with E-state index in [1.807, 2.05) is 37.3 Å². The number of amides is 1. The molecular formula is C17H18N6O2. The fraction of sp³-hybridized carbons (Fsp3) is 0.294. The highest BCUT2D eigenvalue weighted by Crippen LogP contribution is 2.26. The smallest absolute Gasteiger partial charge is 0.295 e. The van der Waals surface area contributed by atoms with E-state index < -0.39 is 0 Å². The van der Waals surface area contributed by atoms with E-state index in [0.717, 1.165) is 30.2 Å². The molecule has 0 atom stereocenters. The fourth-order valence-corrected chi connectivity index (χ4v) is 2.84. The lowest BCUT2D eigenvalue weighted by molar-refractivity contribution is 0.101. The Bertz CT molecular complexity index is 916. The standard InChI is InChI=1S/C17H18N6O2/c1-12-6-7-18-17-20-15(21-23(12)17)16(24)19-13-4-2-3-5-14(13)22-8-10-25-11-9-22/h2-7H,8-11H2,1H3,(H,19,24). The molecule has 1 aliphatic heterocycles. The third kappa shape index (κ3) is 3.03. The number of ether oxygens (including phenoxy) is 1. The highest BCUT2D eigenvalue weighted by atomic mass is 16.5. The summed E-state index contributed by atoms with van der Waals surface area (Å²) in [5.41, 5.74) is 2.57. The second-order valence-corrected chi connectivity index (χ2v) is 5.80. The molecule has 8 heteroatoms. The number of para-hydroxylation sites is 2. The van der Waals surface area contributed by atoms with Crippen LogP contribution in [0, 0.1) is 6.92 Å². The second-order valence-electron chi connectivity index (χ2n) is 5.80. The summed E-state index contributed by atoms with van der Waals surface area (Å²) in [6.45, 7) is 4.84. The molecular weight excluding hydrogens is 320 g/mol. The van der Waals surface area contributed by atoms with Crippen molar-refractivity contribution in [3.63, 3.8) is 0 Å². The topological polar surface area (TPSA) is 84.7 Å². The third-order valence-electron chi connectivity index (χ3n) is 4.14. The van der Waals surface area contributed by atoms with Crippen LogP contribution in [0.25, 0.3) is 5.78 Å². The summed E-state index contributed by atoms with van der Waals surface area (Å²) in [7, 11) is 0. The lowest BCUT2D eigenvalue weighted by atomic mass is 10.2. The molecule has 8 nitrogen and oxygen atoms in total. The monoisotopic (exact) mass is 338 g/mol. The molecule has 3 aromatic rings. The predicted molar refractivity (Wildman–Crippen MR) is 92.9 cm³/mol. The van der Waals surface area contributed by atoms with Crippen LogP contribution in [0.1, 0.15) is 16.3 Å². The van der Waals surface area contributed by atoms with Gasteiger partial charge in [-0.05, 0) is 25.1 Å². The Morgan fingerprint density at radius 3 is 2.80 bits per heavy atom. The molecule has 3 heterocycles. The molecule has 0 saturated carbocycles. The number of hydrogen-bond donors (Lipinski definition) is 1. The zero-order chi connectivity index (χ0) is 17.2. The van der Waals surface area contributed by atoms with Crippen molar-refractivity contribution < 1.29 is 9.53 Å². The maximum Gasteiger partial charge on any atom is 0.295 e. The van der Waals surface area contributed by atoms with Crippen LogP contribution >= 0.6 is 0 Å². The molecule has 1 saturated heterocycles. The number of nitrogens with zero attached hydrogens (tertiary/aromatic N) is 5. The number of carbonyl (C=O) groups is 1. The van der Waals surface area contributed by atoms with Crippen molar-refractivity contribution >= 4 is 23.1 Å². The van der Waals surface area contributed by atoms with E-state index in [9.17, 15) is 4.79 Å². The van der Waals surface area contributed by atoms with Gasteiger partial charge in [0.1, 0.15) is 0 Å². The van der Waals surface area contributed by atoms with Gasteiger partial charge in [0.15, 0.2) is 0 Å². The molecule has 0 radical (unpaired) electrons. The number of carbonyl (C=O) groups excluding carboxylic acids is 1. The van der Waals surface area contributed by atoms with Crippen LogP contribution in [-0.4, -0.2) is 51.8 Å². The quantitative estimate of drug-likeness (QED) is 0.779. The second kappa shape index (κ2) is 6.48. The molecule has 1 aliphatic rings. The number of anilines is 2. The average molecular weight is 338 g/mol. The van der Waals surface area contributed by atoms with E-state index in [4.69, 9.17) is 4.74 Å². The number of morpholine rings is 1. The van der Waals surface area contributed by atoms with Crippen molar-refractivity contribution in [2.45, 2.75) is 6.92 Å². The third-order valence-corrected chi connectivity index (χ3v) is 4.14. The minimum atomic E-state index is -0.356. The van der Waals surface area contributed by atoms with E-state index >= 15 is 0 Å². The number of hydrogen-bond acceptors (Lipinski definition) is 6. The van der Waals surface area contributed by atoms with Gasteiger partial charge < -0.3 is 15.0 Å². The van der Waals surface area contributed by atoms with Crippen LogP contribution in [0.2, 0.25) is 0 Å². The number of fused-ring (bicyclic) bond motifs is 1. The van der Waals surface area contributed by atoms with Crippen LogP contribution in [-0.2, 0) is 4.74 Å². The molecule has 25 heavy (non-hydrogen) atoms. The molecule has 0 spiro atoms. The van der Waals surface area contributed by atoms with Crippen LogP contribution in [0.5, 0.6) is 0 Å². The van der Waals surface area contributed by atoms with Gasteiger partial charge in [0, 0.05) is 25.0 Å². The predicted octanol–water partition coefficient (Wildman–Crippen LogP) is 1.52. The molecule has 1 N–H and O–H groups in total. The number of nitrogens with one attached hydrogen (secondary N) is 1. The Kier molecular flexibility index (Phi) is 4.02. The Morgan fingerprint density at radius 2 is 2.00 bits per heavy atom. The van der Waals surface area contributed by atoms with Crippen molar-refractivity contribution in [3.05, 3.63) is 48.0 Å². The Balaban J connectivity index is 1.61. The van der Waals surface area contributed by atoms with Crippen LogP contribution < -0.4 is 10.2 Å². The van der Waals surface area contributed by atoms with Gasteiger partial charge in [0.05, 0.1) is 24.6 Å². The summed E-state index contributed by atoms with van der Waals surface area (Å²) in [5, 5.41) is 7.16. The first-order chi connectivity index (χ1) is 12.2. The van der Waals surface area contributed by atoms with E-state index in [1.165, 1.54) is 0 Å². The molecule has 1 aromatic carbocycles. The molecule has 0 unspecified atom stereocenters.